The Morgan fingerprint density at radius 1 is 1.56 bits per heavy atom. The van der Waals surface area contributed by atoms with Crippen LogP contribution in [0.25, 0.3) is 0 Å². The number of carbonyl (C=O) groups excluding carboxylic acids is 1. The van der Waals surface area contributed by atoms with Gasteiger partial charge >= 0.3 is 0 Å². The van der Waals surface area contributed by atoms with Gasteiger partial charge in [0.25, 0.3) is 5.91 Å². The zero-order chi connectivity index (χ0) is 11.5. The smallest absolute Gasteiger partial charge is 0.273 e. The van der Waals surface area contributed by atoms with Crippen molar-refractivity contribution < 1.29 is 19.5 Å². The zero-order valence-electron chi connectivity index (χ0n) is 8.72. The number of hydrogen-bond donors (Lipinski definition) is 3. The van der Waals surface area contributed by atoms with Gasteiger partial charge in [0.1, 0.15) is 5.76 Å². The summed E-state index contributed by atoms with van der Waals surface area (Å²) in [5.41, 5.74) is 0.189. The van der Waals surface area contributed by atoms with Gasteiger partial charge in [-0.15, -0.1) is 0 Å². The van der Waals surface area contributed by atoms with Crippen molar-refractivity contribution in [3.05, 3.63) is 17.5 Å². The number of hydrogen-bond acceptors (Lipinski definition) is 5. The number of aliphatic hydroxyl groups excluding tert-OH is 2. The van der Waals surface area contributed by atoms with Gasteiger partial charge in [0.2, 0.25) is 0 Å². The quantitative estimate of drug-likeness (QED) is 0.637. The highest BCUT2D eigenvalue weighted by atomic mass is 16.5. The summed E-state index contributed by atoms with van der Waals surface area (Å²) in [6.45, 7) is -0.620. The average molecular weight is 226 g/mol. The fourth-order valence-electron chi connectivity index (χ4n) is 1.36. The molecule has 1 aromatic heterocycles. The molecule has 0 radical (unpaired) electrons. The van der Waals surface area contributed by atoms with E-state index in [-0.39, 0.29) is 18.9 Å². The third-order valence-corrected chi connectivity index (χ3v) is 2.52. The highest BCUT2D eigenvalue weighted by molar-refractivity contribution is 5.92. The third-order valence-electron chi connectivity index (χ3n) is 2.52. The first-order valence-electron chi connectivity index (χ1n) is 5.23. The van der Waals surface area contributed by atoms with E-state index in [1.54, 1.807) is 6.07 Å². The third kappa shape index (κ3) is 2.40. The van der Waals surface area contributed by atoms with Gasteiger partial charge in [-0.25, -0.2) is 0 Å². The molecule has 1 amide bonds. The molecule has 3 N–H and O–H groups in total. The lowest BCUT2D eigenvalue weighted by Crippen LogP contribution is -2.40. The van der Waals surface area contributed by atoms with Gasteiger partial charge < -0.3 is 20.1 Å². The first-order valence-corrected chi connectivity index (χ1v) is 5.23. The van der Waals surface area contributed by atoms with Crippen molar-refractivity contribution in [2.24, 2.45) is 0 Å². The normalized spacial score (nSPS) is 15.4. The maximum absolute atomic E-state index is 11.6. The molecule has 0 aliphatic heterocycles. The molecule has 1 fully saturated rings. The molecular weight excluding hydrogens is 212 g/mol. The van der Waals surface area contributed by atoms with Crippen LogP contribution in [0, 0.1) is 0 Å². The highest BCUT2D eigenvalue weighted by Gasteiger charge is 2.29. The van der Waals surface area contributed by atoms with Gasteiger partial charge in [-0.1, -0.05) is 5.16 Å². The Balaban J connectivity index is 1.96. The number of amides is 1. The van der Waals surface area contributed by atoms with Crippen LogP contribution in [-0.2, 0) is 0 Å². The second-order valence-electron chi connectivity index (χ2n) is 3.92. The first-order chi connectivity index (χ1) is 7.74. The molecule has 2 rings (SSSR count). The van der Waals surface area contributed by atoms with Crippen LogP contribution < -0.4 is 5.32 Å². The van der Waals surface area contributed by atoms with Crippen molar-refractivity contribution in [1.29, 1.82) is 0 Å². The summed E-state index contributed by atoms with van der Waals surface area (Å²) in [7, 11) is 0. The monoisotopic (exact) mass is 226 g/mol. The van der Waals surface area contributed by atoms with Crippen molar-refractivity contribution in [1.82, 2.24) is 10.5 Å². The van der Waals surface area contributed by atoms with Crippen molar-refractivity contribution in [3.63, 3.8) is 0 Å². The van der Waals surface area contributed by atoms with Crippen LogP contribution in [0.2, 0.25) is 0 Å². The maximum Gasteiger partial charge on any atom is 0.273 e. The summed E-state index contributed by atoms with van der Waals surface area (Å²) in [4.78, 5) is 11.6. The number of nitrogens with zero attached hydrogens (tertiary/aromatic N) is 1. The Labute approximate surface area is 92.2 Å². The Kier molecular flexibility index (Phi) is 3.21. The van der Waals surface area contributed by atoms with Crippen LogP contribution in [-0.4, -0.2) is 40.5 Å². The van der Waals surface area contributed by atoms with Gasteiger partial charge in [0.05, 0.1) is 19.3 Å². The highest BCUT2D eigenvalue weighted by Crippen LogP contribution is 2.40. The fraction of sp³-hybridized carbons (Fsp3) is 0.600. The van der Waals surface area contributed by atoms with E-state index >= 15 is 0 Å². The predicted molar refractivity (Wildman–Crippen MR) is 53.9 cm³/mol. The number of carbonyl (C=O) groups is 1. The molecule has 88 valence electrons. The topological polar surface area (TPSA) is 95.6 Å². The Bertz CT molecular complexity index is 369. The number of aliphatic hydroxyl groups is 2. The summed E-state index contributed by atoms with van der Waals surface area (Å²) in [5.74, 6) is 0.693. The van der Waals surface area contributed by atoms with Crippen molar-refractivity contribution in [3.8, 4) is 0 Å². The maximum atomic E-state index is 11.6. The van der Waals surface area contributed by atoms with E-state index in [9.17, 15) is 4.79 Å². The number of aromatic nitrogens is 1. The molecule has 1 heterocycles. The van der Waals surface area contributed by atoms with E-state index in [0.29, 0.717) is 5.92 Å². The molecule has 0 atom stereocenters. The fourth-order valence-corrected chi connectivity index (χ4v) is 1.36. The number of rotatable bonds is 5. The van der Waals surface area contributed by atoms with Crippen LogP contribution in [0.3, 0.4) is 0 Å². The van der Waals surface area contributed by atoms with Crippen LogP contribution in [0.4, 0.5) is 0 Å². The first kappa shape index (κ1) is 11.1. The van der Waals surface area contributed by atoms with Crippen LogP contribution in [0.15, 0.2) is 10.6 Å². The molecule has 6 nitrogen and oxygen atoms in total. The molecule has 1 saturated carbocycles. The predicted octanol–water partition coefficient (Wildman–Crippen LogP) is -0.365. The molecule has 0 aromatic carbocycles. The van der Waals surface area contributed by atoms with Crippen molar-refractivity contribution >= 4 is 5.91 Å². The lowest BCUT2D eigenvalue weighted by Gasteiger charge is -2.11. The van der Waals surface area contributed by atoms with Crippen LogP contribution >= 0.6 is 0 Å². The van der Waals surface area contributed by atoms with Gasteiger partial charge in [-0.2, -0.15) is 0 Å². The Morgan fingerprint density at radius 2 is 2.25 bits per heavy atom. The Morgan fingerprint density at radius 3 is 2.81 bits per heavy atom. The molecular formula is C10H14N2O4. The van der Waals surface area contributed by atoms with Crippen molar-refractivity contribution in [2.45, 2.75) is 24.8 Å². The van der Waals surface area contributed by atoms with Gasteiger partial charge in [-0.3, -0.25) is 4.79 Å². The molecule has 0 unspecified atom stereocenters. The second-order valence-corrected chi connectivity index (χ2v) is 3.92. The SMILES string of the molecule is O=C(NC(CO)CO)c1cc(C2CC2)on1. The Hall–Kier alpha value is -1.40. The van der Waals surface area contributed by atoms with Gasteiger partial charge in [0.15, 0.2) is 5.69 Å². The van der Waals surface area contributed by atoms with Crippen LogP contribution in [0.5, 0.6) is 0 Å². The molecule has 16 heavy (non-hydrogen) atoms. The second kappa shape index (κ2) is 4.63. The minimum absolute atomic E-state index is 0.189. The van der Waals surface area contributed by atoms with E-state index in [1.165, 1.54) is 0 Å². The molecule has 1 aromatic rings. The zero-order valence-corrected chi connectivity index (χ0v) is 8.72. The van der Waals surface area contributed by atoms with Crippen molar-refractivity contribution in [2.75, 3.05) is 13.2 Å². The lowest BCUT2D eigenvalue weighted by molar-refractivity contribution is 0.0870. The summed E-state index contributed by atoms with van der Waals surface area (Å²) in [6, 6.07) is 0.951. The van der Waals surface area contributed by atoms with Gasteiger partial charge in [-0.05, 0) is 12.8 Å². The van der Waals surface area contributed by atoms with E-state index in [4.69, 9.17) is 14.7 Å². The molecule has 0 bridgehead atoms. The van der Waals surface area contributed by atoms with E-state index in [2.05, 4.69) is 10.5 Å². The summed E-state index contributed by atoms with van der Waals surface area (Å²) >= 11 is 0. The molecule has 0 spiro atoms. The average Bonchev–Trinajstić information content (AvgIpc) is 3.03. The number of nitrogens with one attached hydrogen (secondary N) is 1. The summed E-state index contributed by atoms with van der Waals surface area (Å²) < 4.78 is 5.02. The molecule has 1 aliphatic carbocycles. The molecule has 1 aliphatic rings. The standard InChI is InChI=1S/C10H14N2O4/c13-4-7(5-14)11-10(15)8-3-9(16-12-8)6-1-2-6/h3,6-7,13-14H,1-2,4-5H2,(H,11,15). The minimum atomic E-state index is -0.659. The molecule has 0 saturated heterocycles. The largest absolute Gasteiger partial charge is 0.394 e. The van der Waals surface area contributed by atoms with E-state index < -0.39 is 11.9 Å². The minimum Gasteiger partial charge on any atom is -0.394 e. The lowest BCUT2D eigenvalue weighted by atomic mass is 10.2. The van der Waals surface area contributed by atoms with Gasteiger partial charge in [0, 0.05) is 12.0 Å². The summed E-state index contributed by atoms with van der Waals surface area (Å²) in [6.07, 6.45) is 2.15. The van der Waals surface area contributed by atoms with Crippen LogP contribution in [0.1, 0.15) is 35.0 Å². The van der Waals surface area contributed by atoms with E-state index in [1.807, 2.05) is 0 Å². The van der Waals surface area contributed by atoms with E-state index in [0.717, 1.165) is 18.6 Å². The summed E-state index contributed by atoms with van der Waals surface area (Å²) in [5, 5.41) is 23.7. The molecule has 6 heteroatoms.